The lowest BCUT2D eigenvalue weighted by Crippen LogP contribution is -2.46. The second kappa shape index (κ2) is 6.27. The molecule has 0 aliphatic rings. The summed E-state index contributed by atoms with van der Waals surface area (Å²) in [7, 11) is 1.82. The minimum Gasteiger partial charge on any atom is -0.341 e. The summed E-state index contributed by atoms with van der Waals surface area (Å²) in [5.41, 5.74) is 5.65. The van der Waals surface area contributed by atoms with Gasteiger partial charge in [0, 0.05) is 18.8 Å². The molecular formula is C9H20N2OS. The molecule has 78 valence electrons. The van der Waals surface area contributed by atoms with E-state index in [1.807, 2.05) is 27.2 Å². The Morgan fingerprint density at radius 2 is 2.15 bits per heavy atom. The molecule has 0 saturated heterocycles. The number of rotatable bonds is 5. The number of thioether (sulfide) groups is 1. The van der Waals surface area contributed by atoms with E-state index >= 15 is 0 Å². The minimum atomic E-state index is -0.339. The molecule has 0 aromatic heterocycles. The van der Waals surface area contributed by atoms with Crippen molar-refractivity contribution in [2.24, 2.45) is 5.73 Å². The average molecular weight is 204 g/mol. The van der Waals surface area contributed by atoms with Crippen LogP contribution in [0.3, 0.4) is 0 Å². The SMILES string of the molecule is CCC(N)C(=O)N(C)C(C)CSC. The lowest BCUT2D eigenvalue weighted by molar-refractivity contribution is -0.132. The van der Waals surface area contributed by atoms with Crippen LogP contribution >= 0.6 is 11.8 Å². The van der Waals surface area contributed by atoms with Crippen molar-refractivity contribution >= 4 is 17.7 Å². The quantitative estimate of drug-likeness (QED) is 0.725. The van der Waals surface area contributed by atoms with Crippen molar-refractivity contribution in [1.29, 1.82) is 0 Å². The molecule has 0 spiro atoms. The maximum absolute atomic E-state index is 11.6. The van der Waals surface area contributed by atoms with Gasteiger partial charge in [0.25, 0.3) is 0 Å². The topological polar surface area (TPSA) is 46.3 Å². The van der Waals surface area contributed by atoms with E-state index in [1.165, 1.54) is 0 Å². The largest absolute Gasteiger partial charge is 0.341 e. The van der Waals surface area contributed by atoms with E-state index in [2.05, 4.69) is 0 Å². The van der Waals surface area contributed by atoms with Crippen LogP contribution in [-0.2, 0) is 4.79 Å². The van der Waals surface area contributed by atoms with Crippen LogP contribution in [0.15, 0.2) is 0 Å². The molecule has 0 aliphatic heterocycles. The molecule has 0 aliphatic carbocycles. The van der Waals surface area contributed by atoms with Crippen LogP contribution in [0.1, 0.15) is 20.3 Å². The third-order valence-electron chi connectivity index (χ3n) is 2.17. The van der Waals surface area contributed by atoms with Crippen LogP contribution in [0.4, 0.5) is 0 Å². The highest BCUT2D eigenvalue weighted by atomic mass is 32.2. The summed E-state index contributed by atoms with van der Waals surface area (Å²) in [5.74, 6) is 1.00. The van der Waals surface area contributed by atoms with Crippen molar-refractivity contribution in [2.75, 3.05) is 19.1 Å². The molecular weight excluding hydrogens is 184 g/mol. The molecule has 2 unspecified atom stereocenters. The Morgan fingerprint density at radius 3 is 2.54 bits per heavy atom. The first-order valence-corrected chi connectivity index (χ1v) is 5.95. The Hall–Kier alpha value is -0.220. The van der Waals surface area contributed by atoms with Crippen molar-refractivity contribution in [2.45, 2.75) is 32.4 Å². The lowest BCUT2D eigenvalue weighted by Gasteiger charge is -2.26. The Labute approximate surface area is 85.0 Å². The predicted octanol–water partition coefficient (Wildman–Crippen LogP) is 0.934. The van der Waals surface area contributed by atoms with E-state index in [9.17, 15) is 4.79 Å². The molecule has 0 aromatic carbocycles. The predicted molar refractivity (Wildman–Crippen MR) is 58.9 cm³/mol. The van der Waals surface area contributed by atoms with Crippen LogP contribution in [0, 0.1) is 0 Å². The van der Waals surface area contributed by atoms with Crippen molar-refractivity contribution in [3.8, 4) is 0 Å². The van der Waals surface area contributed by atoms with Crippen LogP contribution in [-0.4, -0.2) is 41.9 Å². The zero-order valence-electron chi connectivity index (χ0n) is 8.91. The first-order valence-electron chi connectivity index (χ1n) is 4.55. The summed E-state index contributed by atoms with van der Waals surface area (Å²) < 4.78 is 0. The van der Waals surface area contributed by atoms with Gasteiger partial charge in [-0.25, -0.2) is 0 Å². The lowest BCUT2D eigenvalue weighted by atomic mass is 10.2. The molecule has 0 saturated carbocycles. The van der Waals surface area contributed by atoms with Crippen molar-refractivity contribution in [3.05, 3.63) is 0 Å². The van der Waals surface area contributed by atoms with Crippen LogP contribution < -0.4 is 5.73 Å². The fourth-order valence-electron chi connectivity index (χ4n) is 1.01. The highest BCUT2D eigenvalue weighted by molar-refractivity contribution is 7.98. The third kappa shape index (κ3) is 4.00. The summed E-state index contributed by atoms with van der Waals surface area (Å²) in [6, 6.07) is -0.0746. The molecule has 13 heavy (non-hydrogen) atoms. The van der Waals surface area contributed by atoms with Crippen molar-refractivity contribution in [1.82, 2.24) is 4.90 Å². The van der Waals surface area contributed by atoms with Gasteiger partial charge in [0.2, 0.25) is 5.91 Å². The van der Waals surface area contributed by atoms with Gasteiger partial charge >= 0.3 is 0 Å². The van der Waals surface area contributed by atoms with Gasteiger partial charge in [0.05, 0.1) is 6.04 Å². The summed E-state index contributed by atoms with van der Waals surface area (Å²) >= 11 is 1.74. The number of carbonyl (C=O) groups excluding carboxylic acids is 1. The molecule has 0 heterocycles. The first-order chi connectivity index (χ1) is 6.04. The molecule has 2 atom stereocenters. The molecule has 0 fully saturated rings. The maximum atomic E-state index is 11.6. The average Bonchev–Trinajstić information content (AvgIpc) is 2.14. The number of carbonyl (C=O) groups is 1. The van der Waals surface area contributed by atoms with E-state index in [1.54, 1.807) is 16.7 Å². The van der Waals surface area contributed by atoms with Gasteiger partial charge in [-0.05, 0) is 19.6 Å². The van der Waals surface area contributed by atoms with Crippen LogP contribution in [0.5, 0.6) is 0 Å². The van der Waals surface area contributed by atoms with E-state index in [-0.39, 0.29) is 18.0 Å². The number of nitrogens with two attached hydrogens (primary N) is 1. The summed E-state index contributed by atoms with van der Waals surface area (Å²) in [6.07, 6.45) is 2.74. The Balaban J connectivity index is 4.08. The van der Waals surface area contributed by atoms with Crippen molar-refractivity contribution in [3.63, 3.8) is 0 Å². The van der Waals surface area contributed by atoms with Crippen molar-refractivity contribution < 1.29 is 4.79 Å². The monoisotopic (exact) mass is 204 g/mol. The molecule has 2 N–H and O–H groups in total. The van der Waals surface area contributed by atoms with Crippen LogP contribution in [0.2, 0.25) is 0 Å². The zero-order valence-corrected chi connectivity index (χ0v) is 9.73. The number of hydrogen-bond donors (Lipinski definition) is 1. The normalized spacial score (nSPS) is 15.2. The van der Waals surface area contributed by atoms with E-state index in [0.29, 0.717) is 6.42 Å². The molecule has 4 heteroatoms. The number of hydrogen-bond acceptors (Lipinski definition) is 3. The van der Waals surface area contributed by atoms with Gasteiger partial charge in [0.1, 0.15) is 0 Å². The van der Waals surface area contributed by atoms with E-state index in [0.717, 1.165) is 5.75 Å². The smallest absolute Gasteiger partial charge is 0.239 e. The Kier molecular flexibility index (Phi) is 6.16. The maximum Gasteiger partial charge on any atom is 0.239 e. The van der Waals surface area contributed by atoms with Gasteiger partial charge < -0.3 is 10.6 Å². The number of nitrogens with zero attached hydrogens (tertiary/aromatic N) is 1. The molecule has 0 rings (SSSR count). The van der Waals surface area contributed by atoms with Gasteiger partial charge in [-0.15, -0.1) is 0 Å². The minimum absolute atomic E-state index is 0.0454. The van der Waals surface area contributed by atoms with Gasteiger partial charge in [-0.1, -0.05) is 6.92 Å². The summed E-state index contributed by atoms with van der Waals surface area (Å²) in [5, 5.41) is 0. The van der Waals surface area contributed by atoms with Gasteiger partial charge in [-0.2, -0.15) is 11.8 Å². The fraction of sp³-hybridized carbons (Fsp3) is 0.889. The highest BCUT2D eigenvalue weighted by Gasteiger charge is 2.19. The summed E-state index contributed by atoms with van der Waals surface area (Å²) in [4.78, 5) is 13.3. The van der Waals surface area contributed by atoms with Gasteiger partial charge in [-0.3, -0.25) is 4.79 Å². The highest BCUT2D eigenvalue weighted by Crippen LogP contribution is 2.05. The second-order valence-corrected chi connectivity index (χ2v) is 4.18. The number of amides is 1. The molecule has 0 bridgehead atoms. The molecule has 1 amide bonds. The van der Waals surface area contributed by atoms with Gasteiger partial charge in [0.15, 0.2) is 0 Å². The van der Waals surface area contributed by atoms with E-state index in [4.69, 9.17) is 5.73 Å². The number of likely N-dealkylation sites (N-methyl/N-ethyl adjacent to an activating group) is 1. The second-order valence-electron chi connectivity index (χ2n) is 3.27. The Morgan fingerprint density at radius 1 is 1.62 bits per heavy atom. The first kappa shape index (κ1) is 12.8. The standard InChI is InChI=1S/C9H20N2OS/c1-5-8(10)9(12)11(3)7(2)6-13-4/h7-8H,5-6,10H2,1-4H3. The summed E-state index contributed by atoms with van der Waals surface area (Å²) in [6.45, 7) is 3.96. The Bertz CT molecular complexity index is 164. The fourth-order valence-corrected chi connectivity index (χ4v) is 1.71. The molecule has 0 radical (unpaired) electrons. The van der Waals surface area contributed by atoms with E-state index < -0.39 is 0 Å². The zero-order chi connectivity index (χ0) is 10.4. The van der Waals surface area contributed by atoms with Crippen LogP contribution in [0.25, 0.3) is 0 Å². The molecule has 0 aromatic rings. The third-order valence-corrected chi connectivity index (χ3v) is 2.99. The molecule has 3 nitrogen and oxygen atoms in total.